The number of nitrogens with zero attached hydrogens (tertiary/aromatic N) is 1. The van der Waals surface area contributed by atoms with Crippen LogP contribution in [0.4, 0.5) is 4.79 Å². The minimum atomic E-state index is -1.09. The van der Waals surface area contributed by atoms with Crippen molar-refractivity contribution in [3.63, 3.8) is 0 Å². The van der Waals surface area contributed by atoms with Crippen molar-refractivity contribution in [3.8, 4) is 11.5 Å². The number of aryl methyl sites for hydroxylation is 1. The van der Waals surface area contributed by atoms with E-state index in [2.05, 4.69) is 5.32 Å². The van der Waals surface area contributed by atoms with Gasteiger partial charge in [0.1, 0.15) is 17.0 Å². The predicted molar refractivity (Wildman–Crippen MR) is 105 cm³/mol. The maximum Gasteiger partial charge on any atom is 0.325 e. The van der Waals surface area contributed by atoms with Crippen LogP contribution in [-0.2, 0) is 16.8 Å². The minimum Gasteiger partial charge on any atom is -0.497 e. The molecule has 0 bridgehead atoms. The highest BCUT2D eigenvalue weighted by Crippen LogP contribution is 2.40. The smallest absolute Gasteiger partial charge is 0.325 e. The zero-order valence-corrected chi connectivity index (χ0v) is 16.4. The van der Waals surface area contributed by atoms with Gasteiger partial charge in [-0.25, -0.2) is 4.79 Å². The zero-order chi connectivity index (χ0) is 20.6. The lowest BCUT2D eigenvalue weighted by Gasteiger charge is -2.33. The van der Waals surface area contributed by atoms with Gasteiger partial charge in [-0.2, -0.15) is 0 Å². The van der Waals surface area contributed by atoms with Crippen LogP contribution in [0.2, 0.25) is 0 Å². The predicted octanol–water partition coefficient (Wildman–Crippen LogP) is 2.67. The van der Waals surface area contributed by atoms with Crippen molar-refractivity contribution in [2.75, 3.05) is 20.8 Å². The average Bonchev–Trinajstić information content (AvgIpc) is 2.98. The van der Waals surface area contributed by atoms with Gasteiger partial charge in [0.15, 0.2) is 5.78 Å². The Morgan fingerprint density at radius 3 is 2.69 bits per heavy atom. The molecule has 1 spiro atoms. The SMILES string of the molecule is COc1ccc(C(=O)CN2C(=O)N[C@@]3(CCCc4ccccc43)C2=O)c(OC)c1. The highest BCUT2D eigenvalue weighted by molar-refractivity contribution is 6.12. The number of carbonyl (C=O) groups excluding carboxylic acids is 3. The molecule has 4 rings (SSSR count). The van der Waals surface area contributed by atoms with Gasteiger partial charge < -0.3 is 14.8 Å². The maximum absolute atomic E-state index is 13.3. The number of ether oxygens (including phenoxy) is 2. The Bertz CT molecular complexity index is 1000. The molecule has 3 amide bonds. The van der Waals surface area contributed by atoms with Gasteiger partial charge in [-0.15, -0.1) is 0 Å². The molecular formula is C22H22N2O5. The van der Waals surface area contributed by atoms with E-state index in [9.17, 15) is 14.4 Å². The van der Waals surface area contributed by atoms with Crippen LogP contribution in [0.3, 0.4) is 0 Å². The lowest BCUT2D eigenvalue weighted by atomic mass is 9.76. The lowest BCUT2D eigenvalue weighted by molar-refractivity contribution is -0.131. The van der Waals surface area contributed by atoms with Crippen LogP contribution in [0, 0.1) is 0 Å². The quantitative estimate of drug-likeness (QED) is 0.623. The molecule has 1 aliphatic heterocycles. The molecule has 2 aromatic carbocycles. The number of urea groups is 1. The third-order valence-electron chi connectivity index (χ3n) is 5.66. The van der Waals surface area contributed by atoms with Gasteiger partial charge in [0, 0.05) is 6.07 Å². The number of hydrogen-bond acceptors (Lipinski definition) is 5. The van der Waals surface area contributed by atoms with Gasteiger partial charge in [0.05, 0.1) is 26.3 Å². The van der Waals surface area contributed by atoms with Crippen LogP contribution in [0.1, 0.15) is 34.3 Å². The number of carbonyl (C=O) groups is 3. The summed E-state index contributed by atoms with van der Waals surface area (Å²) in [7, 11) is 2.97. The second kappa shape index (κ2) is 7.24. The van der Waals surface area contributed by atoms with E-state index >= 15 is 0 Å². The Kier molecular flexibility index (Phi) is 4.74. The lowest BCUT2D eigenvalue weighted by Crippen LogP contribution is -2.46. The van der Waals surface area contributed by atoms with E-state index in [1.165, 1.54) is 14.2 Å². The fraction of sp³-hybridized carbons (Fsp3) is 0.318. The van der Waals surface area contributed by atoms with Gasteiger partial charge in [0.2, 0.25) is 0 Å². The number of fused-ring (bicyclic) bond motifs is 2. The molecule has 1 fully saturated rings. The highest BCUT2D eigenvalue weighted by atomic mass is 16.5. The molecule has 7 nitrogen and oxygen atoms in total. The Morgan fingerprint density at radius 2 is 1.93 bits per heavy atom. The summed E-state index contributed by atoms with van der Waals surface area (Å²) >= 11 is 0. The van der Waals surface area contributed by atoms with Crippen molar-refractivity contribution in [1.29, 1.82) is 0 Å². The van der Waals surface area contributed by atoms with E-state index in [1.807, 2.05) is 24.3 Å². The number of imide groups is 1. The first-order valence-electron chi connectivity index (χ1n) is 9.48. The van der Waals surface area contributed by atoms with Gasteiger partial charge in [-0.1, -0.05) is 24.3 Å². The summed E-state index contributed by atoms with van der Waals surface area (Å²) in [6, 6.07) is 11.9. The van der Waals surface area contributed by atoms with Gasteiger partial charge in [-0.05, 0) is 42.5 Å². The summed E-state index contributed by atoms with van der Waals surface area (Å²) in [6.07, 6.45) is 2.17. The van der Waals surface area contributed by atoms with E-state index in [1.54, 1.807) is 18.2 Å². The summed E-state index contributed by atoms with van der Waals surface area (Å²) in [4.78, 5) is 39.9. The molecule has 1 aliphatic carbocycles. The normalized spacial score (nSPS) is 20.4. The molecular weight excluding hydrogens is 372 g/mol. The molecule has 1 saturated heterocycles. The second-order valence-corrected chi connectivity index (χ2v) is 7.23. The second-order valence-electron chi connectivity index (χ2n) is 7.23. The molecule has 7 heteroatoms. The standard InChI is InChI=1S/C22H22N2O5/c1-28-15-9-10-16(19(12-15)29-2)18(25)13-24-20(26)22(23-21(24)27)11-5-7-14-6-3-4-8-17(14)22/h3-4,6,8-10,12H,5,7,11,13H2,1-2H3,(H,23,27)/t22-/m1/s1. The van der Waals surface area contributed by atoms with Crippen LogP contribution in [0.5, 0.6) is 11.5 Å². The summed E-state index contributed by atoms with van der Waals surface area (Å²) in [5.41, 5.74) is 1.08. The van der Waals surface area contributed by atoms with E-state index in [-0.39, 0.29) is 18.2 Å². The van der Waals surface area contributed by atoms with Crippen LogP contribution in [-0.4, -0.2) is 43.4 Å². The molecule has 0 radical (unpaired) electrons. The Hall–Kier alpha value is -3.35. The zero-order valence-electron chi connectivity index (χ0n) is 16.4. The van der Waals surface area contributed by atoms with Crippen LogP contribution in [0.25, 0.3) is 0 Å². The van der Waals surface area contributed by atoms with Crippen molar-refractivity contribution in [1.82, 2.24) is 10.2 Å². The molecule has 0 aromatic heterocycles. The molecule has 1 heterocycles. The largest absolute Gasteiger partial charge is 0.497 e. The monoisotopic (exact) mass is 394 g/mol. The van der Waals surface area contributed by atoms with Crippen LogP contribution in [0.15, 0.2) is 42.5 Å². The van der Waals surface area contributed by atoms with E-state index in [0.717, 1.165) is 28.9 Å². The van der Waals surface area contributed by atoms with E-state index in [0.29, 0.717) is 23.5 Å². The number of benzene rings is 2. The molecule has 150 valence electrons. The van der Waals surface area contributed by atoms with Gasteiger partial charge in [0.25, 0.3) is 5.91 Å². The van der Waals surface area contributed by atoms with Crippen molar-refractivity contribution in [3.05, 3.63) is 59.2 Å². The highest BCUT2D eigenvalue weighted by Gasteiger charge is 2.54. The third kappa shape index (κ3) is 3.03. The number of nitrogens with one attached hydrogen (secondary N) is 1. The fourth-order valence-electron chi connectivity index (χ4n) is 4.21. The van der Waals surface area contributed by atoms with Crippen molar-refractivity contribution in [2.24, 2.45) is 0 Å². The number of ketones is 1. The summed E-state index contributed by atoms with van der Waals surface area (Å²) in [6.45, 7) is -0.350. The first-order chi connectivity index (χ1) is 14.0. The Labute approximate surface area is 168 Å². The molecule has 29 heavy (non-hydrogen) atoms. The van der Waals surface area contributed by atoms with Gasteiger partial charge in [-0.3, -0.25) is 14.5 Å². The summed E-state index contributed by atoms with van der Waals surface area (Å²) < 4.78 is 10.4. The van der Waals surface area contributed by atoms with Crippen LogP contribution < -0.4 is 14.8 Å². The molecule has 1 atom stereocenters. The van der Waals surface area contributed by atoms with Gasteiger partial charge >= 0.3 is 6.03 Å². The first-order valence-corrected chi connectivity index (χ1v) is 9.48. The van der Waals surface area contributed by atoms with Crippen LogP contribution >= 0.6 is 0 Å². The minimum absolute atomic E-state index is 0.291. The first kappa shape index (κ1) is 19.0. The number of rotatable bonds is 5. The van der Waals surface area contributed by atoms with Crippen molar-refractivity contribution in [2.45, 2.75) is 24.8 Å². The Balaban J connectivity index is 1.62. The molecule has 2 aliphatic rings. The molecule has 0 saturated carbocycles. The molecule has 2 aromatic rings. The van der Waals surface area contributed by atoms with Crippen molar-refractivity contribution >= 4 is 17.7 Å². The Morgan fingerprint density at radius 1 is 1.14 bits per heavy atom. The van der Waals surface area contributed by atoms with E-state index < -0.39 is 11.6 Å². The number of hydrogen-bond donors (Lipinski definition) is 1. The van der Waals surface area contributed by atoms with E-state index in [4.69, 9.17) is 9.47 Å². The molecule has 1 N–H and O–H groups in total. The number of methoxy groups -OCH3 is 2. The molecule has 0 unspecified atom stereocenters. The fourth-order valence-corrected chi connectivity index (χ4v) is 4.21. The average molecular weight is 394 g/mol. The summed E-state index contributed by atoms with van der Waals surface area (Å²) in [5, 5.41) is 2.86. The summed E-state index contributed by atoms with van der Waals surface area (Å²) in [5.74, 6) is 0.120. The third-order valence-corrected chi connectivity index (χ3v) is 5.66. The number of Topliss-reactive ketones (excluding diaryl/α,β-unsaturated/α-hetero) is 1. The maximum atomic E-state index is 13.3. The van der Waals surface area contributed by atoms with Crippen molar-refractivity contribution < 1.29 is 23.9 Å². The number of amides is 3. The topological polar surface area (TPSA) is 84.9 Å².